The van der Waals surface area contributed by atoms with Gasteiger partial charge in [-0.3, -0.25) is 14.6 Å². The monoisotopic (exact) mass is 569 g/mol. The molecule has 5 rings (SSSR count). The zero-order chi connectivity index (χ0) is 29.0. The summed E-state index contributed by atoms with van der Waals surface area (Å²) < 4.78 is 27.9. The van der Waals surface area contributed by atoms with Gasteiger partial charge in [-0.05, 0) is 94.2 Å². The van der Waals surface area contributed by atoms with E-state index in [1.54, 1.807) is 32.1 Å². The predicted molar refractivity (Wildman–Crippen MR) is 154 cm³/mol. The van der Waals surface area contributed by atoms with Crippen molar-refractivity contribution in [2.45, 2.75) is 84.2 Å². The summed E-state index contributed by atoms with van der Waals surface area (Å²) in [7, 11) is -3.73. The number of hydrogen-bond donors (Lipinski definition) is 2. The van der Waals surface area contributed by atoms with Gasteiger partial charge in [0.25, 0.3) is 11.8 Å². The largest absolute Gasteiger partial charge is 0.329 e. The molecular weight excluding hydrogens is 530 g/mol. The van der Waals surface area contributed by atoms with Gasteiger partial charge in [0.2, 0.25) is 10.0 Å². The number of nitrogens with zero attached hydrogens (tertiary/aromatic N) is 3. The minimum atomic E-state index is -3.73. The maximum Gasteiger partial charge on any atom is 0.329 e. The van der Waals surface area contributed by atoms with E-state index in [1.165, 1.54) is 9.71 Å². The van der Waals surface area contributed by atoms with Gasteiger partial charge in [-0.25, -0.2) is 18.1 Å². The van der Waals surface area contributed by atoms with Crippen molar-refractivity contribution in [3.8, 4) is 0 Å². The summed E-state index contributed by atoms with van der Waals surface area (Å²) in [6, 6.07) is 2.94. The highest BCUT2D eigenvalue weighted by atomic mass is 32.2. The van der Waals surface area contributed by atoms with E-state index in [2.05, 4.69) is 17.6 Å². The number of imide groups is 1. The van der Waals surface area contributed by atoms with E-state index in [4.69, 9.17) is 4.99 Å². The van der Waals surface area contributed by atoms with E-state index in [-0.39, 0.29) is 30.8 Å². The van der Waals surface area contributed by atoms with Crippen LogP contribution < -0.4 is 15.5 Å². The Bertz CT molecular complexity index is 1390. The average molecular weight is 570 g/mol. The van der Waals surface area contributed by atoms with E-state index in [9.17, 15) is 22.8 Å². The van der Waals surface area contributed by atoms with Crippen molar-refractivity contribution in [1.29, 1.82) is 0 Å². The number of hydrogen-bond acceptors (Lipinski definition) is 6. The van der Waals surface area contributed by atoms with E-state index in [0.717, 1.165) is 47.5 Å². The molecule has 1 spiro atoms. The van der Waals surface area contributed by atoms with Crippen LogP contribution in [0.3, 0.4) is 0 Å². The normalized spacial score (nSPS) is 26.9. The fourth-order valence-electron chi connectivity index (χ4n) is 6.29. The molecule has 40 heavy (non-hydrogen) atoms. The molecule has 0 unspecified atom stereocenters. The van der Waals surface area contributed by atoms with Gasteiger partial charge in [0.15, 0.2) is 0 Å². The third-order valence-corrected chi connectivity index (χ3v) is 10.5. The molecule has 1 aliphatic carbocycles. The molecule has 0 radical (unpaired) electrons. The molecule has 3 fully saturated rings. The van der Waals surface area contributed by atoms with Crippen LogP contribution in [0.2, 0.25) is 0 Å². The smallest absolute Gasteiger partial charge is 0.323 e. The summed E-state index contributed by atoms with van der Waals surface area (Å²) >= 11 is 0. The van der Waals surface area contributed by atoms with Crippen molar-refractivity contribution >= 4 is 45.5 Å². The Morgan fingerprint density at radius 1 is 1.00 bits per heavy atom. The van der Waals surface area contributed by atoms with Crippen molar-refractivity contribution in [3.05, 3.63) is 34.2 Å². The Hall–Kier alpha value is -3.05. The minimum Gasteiger partial charge on any atom is -0.323 e. The summed E-state index contributed by atoms with van der Waals surface area (Å²) in [5.41, 5.74) is 0.779. The van der Waals surface area contributed by atoms with E-state index >= 15 is 0 Å². The quantitative estimate of drug-likeness (QED) is 0.524. The van der Waals surface area contributed by atoms with Crippen LogP contribution >= 0.6 is 0 Å². The van der Waals surface area contributed by atoms with Gasteiger partial charge < -0.3 is 10.6 Å². The Kier molecular flexibility index (Phi) is 7.19. The van der Waals surface area contributed by atoms with Gasteiger partial charge in [0.1, 0.15) is 16.9 Å². The number of aliphatic imine (C=N–C) groups is 1. The number of aryl methyl sites for hydroxylation is 2. The number of amidine groups is 1. The second kappa shape index (κ2) is 10.1. The molecule has 1 aromatic rings. The molecule has 3 heterocycles. The molecule has 0 aromatic heterocycles. The summed E-state index contributed by atoms with van der Waals surface area (Å²) in [6.45, 7) is 9.63. The molecule has 0 bridgehead atoms. The Morgan fingerprint density at radius 3 is 2.15 bits per heavy atom. The second-order valence-corrected chi connectivity index (χ2v) is 14.2. The van der Waals surface area contributed by atoms with Crippen molar-refractivity contribution in [2.24, 2.45) is 16.8 Å². The van der Waals surface area contributed by atoms with Gasteiger partial charge in [-0.15, -0.1) is 0 Å². The number of carbonyl (C=O) groups is 3. The Morgan fingerprint density at radius 2 is 1.60 bits per heavy atom. The van der Waals surface area contributed by atoms with Crippen LogP contribution in [0.5, 0.6) is 0 Å². The van der Waals surface area contributed by atoms with Gasteiger partial charge in [0.05, 0.1) is 5.69 Å². The van der Waals surface area contributed by atoms with Crippen LogP contribution in [0, 0.1) is 25.7 Å². The number of urea groups is 1. The predicted octanol–water partition coefficient (Wildman–Crippen LogP) is 3.63. The van der Waals surface area contributed by atoms with Crippen LogP contribution in [0.25, 0.3) is 6.08 Å². The Labute approximate surface area is 236 Å². The zero-order valence-corrected chi connectivity index (χ0v) is 24.7. The number of rotatable bonds is 5. The number of carbonyl (C=O) groups excluding carboxylic acids is 3. The molecule has 3 aliphatic heterocycles. The lowest BCUT2D eigenvalue weighted by molar-refractivity contribution is -0.125. The van der Waals surface area contributed by atoms with Crippen molar-refractivity contribution in [3.63, 3.8) is 0 Å². The van der Waals surface area contributed by atoms with Crippen LogP contribution in [0.4, 0.5) is 10.5 Å². The highest BCUT2D eigenvalue weighted by Crippen LogP contribution is 2.36. The van der Waals surface area contributed by atoms with Crippen LogP contribution in [-0.4, -0.2) is 60.6 Å². The van der Waals surface area contributed by atoms with E-state index in [1.807, 2.05) is 13.8 Å². The number of amides is 4. The number of benzene rings is 1. The van der Waals surface area contributed by atoms with Gasteiger partial charge in [-0.2, -0.15) is 4.31 Å². The lowest BCUT2D eigenvalue weighted by Crippen LogP contribution is -2.50. The molecule has 1 aromatic carbocycles. The average Bonchev–Trinajstić information content (AvgIpc) is 3.29. The van der Waals surface area contributed by atoms with Gasteiger partial charge in [-0.1, -0.05) is 19.8 Å². The molecular formula is C29H39N5O5S. The SMILES string of the molecule is Cc1cc(N2C(=O)NC(C)(C)C2=O)cc(C)c1C=CS(=O)(=O)N1CCC2(CC1)N=C(C1CCC(C)CC1)NC2=O. The molecule has 4 aliphatic rings. The van der Waals surface area contributed by atoms with Gasteiger partial charge in [0, 0.05) is 24.4 Å². The fraction of sp³-hybridized carbons (Fsp3) is 0.586. The molecule has 10 nitrogen and oxygen atoms in total. The topological polar surface area (TPSA) is 128 Å². The minimum absolute atomic E-state index is 0.103. The lowest BCUT2D eigenvalue weighted by Gasteiger charge is -2.34. The molecule has 11 heteroatoms. The summed E-state index contributed by atoms with van der Waals surface area (Å²) in [6.07, 6.45) is 6.60. The Balaban J connectivity index is 1.27. The van der Waals surface area contributed by atoms with Crippen LogP contribution in [0.15, 0.2) is 22.5 Å². The van der Waals surface area contributed by atoms with Crippen molar-refractivity contribution in [1.82, 2.24) is 14.9 Å². The first-order valence-electron chi connectivity index (χ1n) is 14.1. The number of sulfonamides is 1. The standard InChI is InChI=1S/C29H39N5O5S/c1-18-6-8-21(9-7-18)24-30-25(35)29(31-24)11-13-33(14-12-29)40(38,39)15-10-23-19(2)16-22(17-20(23)3)34-26(36)28(4,5)32-27(34)37/h10,15-18,21H,6-9,11-14H2,1-5H3,(H,32,37)(H,30,31,35). The molecule has 4 amide bonds. The summed E-state index contributed by atoms with van der Waals surface area (Å²) in [5.74, 6) is 1.34. The van der Waals surface area contributed by atoms with E-state index in [0.29, 0.717) is 30.0 Å². The maximum atomic E-state index is 13.2. The highest BCUT2D eigenvalue weighted by Gasteiger charge is 2.48. The highest BCUT2D eigenvalue weighted by molar-refractivity contribution is 7.92. The summed E-state index contributed by atoms with van der Waals surface area (Å²) in [4.78, 5) is 44.1. The fourth-order valence-corrected chi connectivity index (χ4v) is 7.46. The van der Waals surface area contributed by atoms with E-state index < -0.39 is 27.1 Å². The third-order valence-electron chi connectivity index (χ3n) is 8.91. The molecule has 2 saturated heterocycles. The van der Waals surface area contributed by atoms with Crippen molar-refractivity contribution in [2.75, 3.05) is 18.0 Å². The van der Waals surface area contributed by atoms with Crippen LogP contribution in [0.1, 0.15) is 76.0 Å². The van der Waals surface area contributed by atoms with Crippen LogP contribution in [-0.2, 0) is 19.6 Å². The molecule has 0 atom stereocenters. The maximum absolute atomic E-state index is 13.2. The number of anilines is 1. The third kappa shape index (κ3) is 5.09. The first-order valence-corrected chi connectivity index (χ1v) is 15.6. The molecule has 1 saturated carbocycles. The zero-order valence-electron chi connectivity index (χ0n) is 23.9. The summed E-state index contributed by atoms with van der Waals surface area (Å²) in [5, 5.41) is 6.90. The first kappa shape index (κ1) is 28.5. The van der Waals surface area contributed by atoms with Crippen molar-refractivity contribution < 1.29 is 22.8 Å². The number of nitrogens with one attached hydrogen (secondary N) is 2. The first-order chi connectivity index (χ1) is 18.7. The molecule has 2 N–H and O–H groups in total. The number of piperidine rings is 1. The second-order valence-electron chi connectivity index (χ2n) is 12.4. The molecule has 216 valence electrons. The van der Waals surface area contributed by atoms with Gasteiger partial charge >= 0.3 is 6.03 Å². The lowest BCUT2D eigenvalue weighted by atomic mass is 9.82.